The number of rotatable bonds is 5. The van der Waals surface area contributed by atoms with Crippen LogP contribution in [0.15, 0.2) is 18.2 Å². The maximum Gasteiger partial charge on any atom is 0.0587 e. The van der Waals surface area contributed by atoms with Crippen LogP contribution in [-0.2, 0) is 18.3 Å². The smallest absolute Gasteiger partial charge is 0.0587 e. The molecule has 0 aromatic heterocycles. The Morgan fingerprint density at radius 1 is 1.17 bits per heavy atom. The van der Waals surface area contributed by atoms with Gasteiger partial charge in [-0.15, -0.1) is 0 Å². The summed E-state index contributed by atoms with van der Waals surface area (Å²) in [4.78, 5) is 0. The number of aryl methyl sites for hydroxylation is 2. The molecular weight excluding hydrogens is 222 g/mol. The van der Waals surface area contributed by atoms with Crippen molar-refractivity contribution < 1.29 is 0 Å². The van der Waals surface area contributed by atoms with Gasteiger partial charge in [-0.1, -0.05) is 32.0 Å². The Balaban J connectivity index is 2.11. The van der Waals surface area contributed by atoms with Crippen molar-refractivity contribution in [2.45, 2.75) is 44.9 Å². The average molecular weight is 247 g/mol. The molecule has 1 aliphatic carbocycles. The van der Waals surface area contributed by atoms with Gasteiger partial charge in [-0.2, -0.15) is 0 Å². The quantitative estimate of drug-likeness (QED) is 0.322. The van der Waals surface area contributed by atoms with E-state index in [0.29, 0.717) is 6.67 Å². The largest absolute Gasteiger partial charge is 0.303 e. The second kappa shape index (κ2) is 5.83. The molecule has 3 heteroatoms. The second-order valence-electron chi connectivity index (χ2n) is 5.88. The van der Waals surface area contributed by atoms with E-state index >= 15 is 0 Å². The molecule has 2 rings (SSSR count). The highest BCUT2D eigenvalue weighted by Crippen LogP contribution is 2.28. The monoisotopic (exact) mass is 247 g/mol. The normalized spacial score (nSPS) is 15.5. The van der Waals surface area contributed by atoms with E-state index in [1.54, 1.807) is 11.1 Å². The topological polar surface area (TPSA) is 50.1 Å². The summed E-state index contributed by atoms with van der Waals surface area (Å²) >= 11 is 0. The van der Waals surface area contributed by atoms with Gasteiger partial charge in [0.25, 0.3) is 0 Å². The molecule has 1 aliphatic rings. The van der Waals surface area contributed by atoms with Crippen molar-refractivity contribution in [3.05, 3.63) is 34.9 Å². The molecule has 100 valence electrons. The van der Waals surface area contributed by atoms with E-state index in [0.717, 1.165) is 6.54 Å². The van der Waals surface area contributed by atoms with Crippen LogP contribution in [0.4, 0.5) is 0 Å². The molecular formula is C15H25N3. The minimum Gasteiger partial charge on any atom is -0.303 e. The Kier molecular flexibility index (Phi) is 4.38. The van der Waals surface area contributed by atoms with Crippen molar-refractivity contribution in [3.8, 4) is 0 Å². The molecule has 0 atom stereocenters. The Bertz CT molecular complexity index is 399. The first-order chi connectivity index (χ1) is 8.63. The van der Waals surface area contributed by atoms with Gasteiger partial charge in [0.05, 0.1) is 6.67 Å². The van der Waals surface area contributed by atoms with Crippen molar-refractivity contribution in [2.24, 2.45) is 5.84 Å². The van der Waals surface area contributed by atoms with Crippen molar-refractivity contribution in [2.75, 3.05) is 13.2 Å². The fraction of sp³-hybridized carbons (Fsp3) is 0.600. The first kappa shape index (κ1) is 13.5. The van der Waals surface area contributed by atoms with Gasteiger partial charge in [0.2, 0.25) is 0 Å². The Morgan fingerprint density at radius 2 is 1.89 bits per heavy atom. The Morgan fingerprint density at radius 3 is 2.61 bits per heavy atom. The fourth-order valence-corrected chi connectivity index (χ4v) is 2.70. The van der Waals surface area contributed by atoms with Gasteiger partial charge >= 0.3 is 0 Å². The summed E-state index contributed by atoms with van der Waals surface area (Å²) in [6.07, 6.45) is 5.19. The predicted octanol–water partition coefficient (Wildman–Crippen LogP) is 1.85. The zero-order valence-corrected chi connectivity index (χ0v) is 11.6. The third kappa shape index (κ3) is 3.10. The predicted molar refractivity (Wildman–Crippen MR) is 76.3 cm³/mol. The Hall–Kier alpha value is -0.900. The lowest BCUT2D eigenvalue weighted by atomic mass is 9.81. The van der Waals surface area contributed by atoms with Crippen LogP contribution in [-0.4, -0.2) is 13.2 Å². The first-order valence-electron chi connectivity index (χ1n) is 6.90. The van der Waals surface area contributed by atoms with Crippen molar-refractivity contribution in [3.63, 3.8) is 0 Å². The van der Waals surface area contributed by atoms with Gasteiger partial charge in [-0.3, -0.25) is 5.84 Å². The molecule has 0 fully saturated rings. The van der Waals surface area contributed by atoms with E-state index in [1.807, 2.05) is 0 Å². The van der Waals surface area contributed by atoms with Crippen LogP contribution >= 0.6 is 0 Å². The molecule has 4 N–H and O–H groups in total. The number of hydrogen-bond donors (Lipinski definition) is 3. The molecule has 0 amide bonds. The summed E-state index contributed by atoms with van der Waals surface area (Å²) in [5.74, 6) is 5.28. The Labute approximate surface area is 110 Å². The maximum atomic E-state index is 5.28. The molecule has 0 saturated heterocycles. The van der Waals surface area contributed by atoms with Crippen molar-refractivity contribution in [1.82, 2.24) is 10.7 Å². The van der Waals surface area contributed by atoms with E-state index in [1.165, 1.54) is 31.2 Å². The van der Waals surface area contributed by atoms with Crippen LogP contribution in [0, 0.1) is 0 Å². The number of fused-ring (bicyclic) bond motifs is 1. The lowest BCUT2D eigenvalue weighted by Crippen LogP contribution is -2.40. The number of nitrogens with two attached hydrogens (primary N) is 1. The summed E-state index contributed by atoms with van der Waals surface area (Å²) in [6.45, 7) is 6.13. The van der Waals surface area contributed by atoms with Crippen molar-refractivity contribution >= 4 is 0 Å². The third-order valence-electron chi connectivity index (χ3n) is 3.92. The molecule has 0 spiro atoms. The van der Waals surface area contributed by atoms with Crippen LogP contribution in [0.3, 0.4) is 0 Å². The lowest BCUT2D eigenvalue weighted by Gasteiger charge is -2.28. The molecule has 3 nitrogen and oxygen atoms in total. The number of nitrogens with one attached hydrogen (secondary N) is 2. The van der Waals surface area contributed by atoms with Crippen LogP contribution in [0.2, 0.25) is 0 Å². The van der Waals surface area contributed by atoms with Gasteiger partial charge < -0.3 is 5.32 Å². The van der Waals surface area contributed by atoms with Gasteiger partial charge in [-0.25, -0.2) is 5.43 Å². The van der Waals surface area contributed by atoms with Gasteiger partial charge in [0.1, 0.15) is 0 Å². The van der Waals surface area contributed by atoms with Gasteiger partial charge in [0, 0.05) is 12.0 Å². The van der Waals surface area contributed by atoms with E-state index < -0.39 is 0 Å². The zero-order valence-electron chi connectivity index (χ0n) is 11.6. The maximum absolute atomic E-state index is 5.28. The minimum absolute atomic E-state index is 0.142. The van der Waals surface area contributed by atoms with Crippen LogP contribution in [0.25, 0.3) is 0 Å². The second-order valence-corrected chi connectivity index (χ2v) is 5.88. The number of hydrogen-bond acceptors (Lipinski definition) is 3. The molecule has 0 saturated carbocycles. The average Bonchev–Trinajstić information content (AvgIpc) is 2.38. The molecule has 1 aromatic rings. The highest BCUT2D eigenvalue weighted by atomic mass is 15.3. The first-order valence-corrected chi connectivity index (χ1v) is 6.90. The molecule has 0 unspecified atom stereocenters. The SMILES string of the molecule is CC(C)(CNCNN)c1ccc2c(c1)CCCC2. The summed E-state index contributed by atoms with van der Waals surface area (Å²) in [5.41, 5.74) is 7.31. The van der Waals surface area contributed by atoms with E-state index in [2.05, 4.69) is 42.8 Å². The van der Waals surface area contributed by atoms with E-state index in [-0.39, 0.29) is 5.41 Å². The minimum atomic E-state index is 0.142. The zero-order chi connectivity index (χ0) is 13.0. The molecule has 1 aromatic carbocycles. The molecule has 18 heavy (non-hydrogen) atoms. The number of benzene rings is 1. The van der Waals surface area contributed by atoms with E-state index in [4.69, 9.17) is 5.84 Å². The van der Waals surface area contributed by atoms with E-state index in [9.17, 15) is 0 Å². The highest BCUT2D eigenvalue weighted by Gasteiger charge is 2.21. The van der Waals surface area contributed by atoms with Crippen LogP contribution in [0.5, 0.6) is 0 Å². The summed E-state index contributed by atoms with van der Waals surface area (Å²) in [7, 11) is 0. The van der Waals surface area contributed by atoms with Crippen LogP contribution in [0.1, 0.15) is 43.4 Å². The molecule has 0 aliphatic heterocycles. The standard InChI is InChI=1S/C15H25N3/c1-15(2,10-17-11-18-16)14-8-7-12-5-3-4-6-13(12)9-14/h7-9,17-18H,3-6,10-11,16H2,1-2H3. The lowest BCUT2D eigenvalue weighted by molar-refractivity contribution is 0.454. The fourth-order valence-electron chi connectivity index (χ4n) is 2.70. The summed E-state index contributed by atoms with van der Waals surface area (Å²) in [6, 6.07) is 7.03. The summed E-state index contributed by atoms with van der Waals surface area (Å²) < 4.78 is 0. The van der Waals surface area contributed by atoms with Crippen molar-refractivity contribution in [1.29, 1.82) is 0 Å². The molecule has 0 radical (unpaired) electrons. The highest BCUT2D eigenvalue weighted by molar-refractivity contribution is 5.37. The number of hydrazine groups is 1. The summed E-state index contributed by atoms with van der Waals surface area (Å²) in [5, 5.41) is 3.32. The van der Waals surface area contributed by atoms with Crippen LogP contribution < -0.4 is 16.6 Å². The van der Waals surface area contributed by atoms with Gasteiger partial charge in [-0.05, 0) is 42.4 Å². The van der Waals surface area contributed by atoms with Gasteiger partial charge in [0.15, 0.2) is 0 Å². The third-order valence-corrected chi connectivity index (χ3v) is 3.92. The molecule has 0 heterocycles. The molecule has 0 bridgehead atoms.